The topological polar surface area (TPSA) is 96.3 Å². The van der Waals surface area contributed by atoms with Crippen LogP contribution in [-0.4, -0.2) is 62.6 Å². The van der Waals surface area contributed by atoms with Crippen LogP contribution in [0.25, 0.3) is 22.5 Å². The number of ether oxygens (including phenoxy) is 1. The molecule has 2 N–H and O–H groups in total. The Balaban J connectivity index is 1.36. The third kappa shape index (κ3) is 4.16. The standard InChI is InChI=1S/C25H28F2N6O2/c1-24-7-8-25(2,32-24)22(27)17(12-24)33(3)20-13-28-23(31-30-20)16-6-5-14(9-18(16)34)15-10-19(26)29-21(11-15)35-4/h5-6,9-11,13,17,22,32,34H,7-8,12H2,1-4H3/t17-,22-,24-,25+/m0/s1/i4D3. The zero-order valence-electron chi connectivity index (χ0n) is 22.6. The number of hydrogen-bond donors (Lipinski definition) is 2. The summed E-state index contributed by atoms with van der Waals surface area (Å²) < 4.78 is 55.7. The number of phenols is 1. The second-order valence-electron chi connectivity index (χ2n) is 9.88. The van der Waals surface area contributed by atoms with Crippen molar-refractivity contribution in [2.75, 3.05) is 19.0 Å². The molecule has 2 aliphatic heterocycles. The second-order valence-corrected chi connectivity index (χ2v) is 9.88. The van der Waals surface area contributed by atoms with Gasteiger partial charge in [-0.15, -0.1) is 10.2 Å². The van der Waals surface area contributed by atoms with Crippen molar-refractivity contribution in [3.8, 4) is 34.1 Å². The predicted molar refractivity (Wildman–Crippen MR) is 128 cm³/mol. The third-order valence-corrected chi connectivity index (χ3v) is 7.25. The number of fused-ring (bicyclic) bond motifs is 2. The summed E-state index contributed by atoms with van der Waals surface area (Å²) in [4.78, 5) is 9.56. The minimum absolute atomic E-state index is 0.137. The van der Waals surface area contributed by atoms with E-state index in [0.29, 0.717) is 17.8 Å². The summed E-state index contributed by atoms with van der Waals surface area (Å²) >= 11 is 0. The highest BCUT2D eigenvalue weighted by atomic mass is 19.1. The molecule has 8 nitrogen and oxygen atoms in total. The Kier molecular flexibility index (Phi) is 4.75. The van der Waals surface area contributed by atoms with Crippen molar-refractivity contribution in [2.45, 2.75) is 56.4 Å². The smallest absolute Gasteiger partial charge is 0.216 e. The fraction of sp³-hybridized carbons (Fsp3) is 0.440. The zero-order valence-corrected chi connectivity index (χ0v) is 19.6. The van der Waals surface area contributed by atoms with E-state index in [1.807, 2.05) is 6.92 Å². The Hall–Kier alpha value is -3.40. The van der Waals surface area contributed by atoms with Crippen molar-refractivity contribution in [2.24, 2.45) is 0 Å². The first kappa shape index (κ1) is 19.9. The van der Waals surface area contributed by atoms with E-state index in [9.17, 15) is 9.50 Å². The molecule has 0 radical (unpaired) electrons. The highest BCUT2D eigenvalue weighted by molar-refractivity contribution is 5.73. The summed E-state index contributed by atoms with van der Waals surface area (Å²) in [5.41, 5.74) is 0.212. The summed E-state index contributed by atoms with van der Waals surface area (Å²) in [6.45, 7) is 4.04. The molecule has 0 aliphatic carbocycles. The van der Waals surface area contributed by atoms with Crippen LogP contribution >= 0.6 is 0 Å². The first-order valence-electron chi connectivity index (χ1n) is 12.8. The molecule has 0 amide bonds. The average Bonchev–Trinajstić information content (AvgIpc) is 3.11. The molecule has 1 aromatic carbocycles. The van der Waals surface area contributed by atoms with Crippen LogP contribution in [0.2, 0.25) is 0 Å². The number of nitrogens with one attached hydrogen (secondary N) is 1. The van der Waals surface area contributed by atoms with Crippen LogP contribution in [0, 0.1) is 5.95 Å². The van der Waals surface area contributed by atoms with Crippen molar-refractivity contribution in [1.29, 1.82) is 0 Å². The molecule has 2 bridgehead atoms. The van der Waals surface area contributed by atoms with E-state index in [0.717, 1.165) is 18.9 Å². The zero-order chi connectivity index (χ0) is 27.5. The molecule has 4 atom stereocenters. The molecule has 0 spiro atoms. The van der Waals surface area contributed by atoms with E-state index in [2.05, 4.69) is 32.4 Å². The molecule has 2 fully saturated rings. The summed E-state index contributed by atoms with van der Waals surface area (Å²) in [5.74, 6) is -0.964. The number of benzene rings is 1. The fourth-order valence-electron chi connectivity index (χ4n) is 5.35. The average molecular weight is 486 g/mol. The van der Waals surface area contributed by atoms with Crippen molar-refractivity contribution in [1.82, 2.24) is 25.5 Å². The van der Waals surface area contributed by atoms with Gasteiger partial charge in [0.05, 0.1) is 29.0 Å². The first-order valence-corrected chi connectivity index (χ1v) is 11.3. The van der Waals surface area contributed by atoms with Crippen LogP contribution in [0.3, 0.4) is 0 Å². The van der Waals surface area contributed by atoms with Crippen molar-refractivity contribution in [3.63, 3.8) is 0 Å². The number of rotatable bonds is 5. The van der Waals surface area contributed by atoms with Gasteiger partial charge in [-0.05, 0) is 56.4 Å². The van der Waals surface area contributed by atoms with Crippen LogP contribution < -0.4 is 15.0 Å². The lowest BCUT2D eigenvalue weighted by Gasteiger charge is -2.47. The second kappa shape index (κ2) is 8.37. The molecule has 10 heteroatoms. The maximum Gasteiger partial charge on any atom is 0.216 e. The molecule has 4 heterocycles. The minimum atomic E-state index is -2.79. The molecule has 5 rings (SSSR count). The Labute approximate surface area is 206 Å². The Morgan fingerprint density at radius 2 is 2.03 bits per heavy atom. The maximum atomic E-state index is 15.5. The predicted octanol–water partition coefficient (Wildman–Crippen LogP) is 3.90. The van der Waals surface area contributed by atoms with Crippen LogP contribution in [-0.2, 0) is 0 Å². The lowest BCUT2D eigenvalue weighted by Crippen LogP contribution is -2.65. The molecule has 184 valence electrons. The van der Waals surface area contributed by atoms with Gasteiger partial charge in [-0.1, -0.05) is 6.07 Å². The molecular formula is C25H28F2N6O2. The molecule has 2 saturated heterocycles. The summed E-state index contributed by atoms with van der Waals surface area (Å²) in [6.07, 6.45) is 2.71. The van der Waals surface area contributed by atoms with Gasteiger partial charge in [-0.2, -0.15) is 9.37 Å². The van der Waals surface area contributed by atoms with Gasteiger partial charge in [0, 0.05) is 30.3 Å². The highest BCUT2D eigenvalue weighted by Gasteiger charge is 2.56. The number of piperidine rings is 1. The molecule has 2 aliphatic rings. The van der Waals surface area contributed by atoms with Crippen LogP contribution in [0.15, 0.2) is 36.5 Å². The van der Waals surface area contributed by atoms with Gasteiger partial charge in [0.15, 0.2) is 11.6 Å². The SMILES string of the molecule is [2H]C([2H])([2H])Oc1cc(-c2ccc(-c3ncc(N(C)[C@H]4C[C@]5(C)CC[C@@](C)(N5)[C@H]4F)nn3)c(O)c2)cc(F)n1. The number of methoxy groups -OCH3 is 1. The van der Waals surface area contributed by atoms with Crippen LogP contribution in [0.5, 0.6) is 11.6 Å². The van der Waals surface area contributed by atoms with E-state index in [-0.39, 0.29) is 34.3 Å². The number of nitrogens with zero attached hydrogens (tertiary/aromatic N) is 5. The lowest BCUT2D eigenvalue weighted by molar-refractivity contribution is 0.0859. The van der Waals surface area contributed by atoms with Crippen molar-refractivity contribution in [3.05, 3.63) is 42.5 Å². The number of pyridine rings is 1. The van der Waals surface area contributed by atoms with Gasteiger partial charge in [-0.3, -0.25) is 0 Å². The normalized spacial score (nSPS) is 29.2. The summed E-state index contributed by atoms with van der Waals surface area (Å²) in [5, 5.41) is 22.5. The Morgan fingerprint density at radius 1 is 1.20 bits per heavy atom. The van der Waals surface area contributed by atoms with E-state index in [1.54, 1.807) is 18.0 Å². The van der Waals surface area contributed by atoms with Gasteiger partial charge >= 0.3 is 0 Å². The molecule has 0 saturated carbocycles. The van der Waals surface area contributed by atoms with Gasteiger partial charge < -0.3 is 20.1 Å². The number of hydrogen-bond acceptors (Lipinski definition) is 8. The number of halogens is 2. The lowest BCUT2D eigenvalue weighted by atomic mass is 9.82. The van der Waals surface area contributed by atoms with E-state index >= 15 is 4.39 Å². The number of phenolic OH excluding ortho intramolecular Hbond substituents is 1. The highest BCUT2D eigenvalue weighted by Crippen LogP contribution is 2.45. The fourth-order valence-corrected chi connectivity index (χ4v) is 5.35. The van der Waals surface area contributed by atoms with Gasteiger partial charge in [0.1, 0.15) is 11.9 Å². The number of alkyl halides is 1. The quantitative estimate of drug-likeness (QED) is 0.526. The van der Waals surface area contributed by atoms with E-state index < -0.39 is 30.6 Å². The summed E-state index contributed by atoms with van der Waals surface area (Å²) in [6, 6.07) is 6.47. The maximum absolute atomic E-state index is 15.5. The van der Waals surface area contributed by atoms with E-state index in [4.69, 9.17) is 8.85 Å². The number of anilines is 1. The molecule has 3 aromatic rings. The van der Waals surface area contributed by atoms with Crippen molar-refractivity contribution >= 4 is 5.82 Å². The largest absolute Gasteiger partial charge is 0.507 e. The molecule has 0 unspecified atom stereocenters. The van der Waals surface area contributed by atoms with E-state index in [1.165, 1.54) is 24.4 Å². The van der Waals surface area contributed by atoms with Crippen LogP contribution in [0.4, 0.5) is 14.6 Å². The monoisotopic (exact) mass is 485 g/mol. The minimum Gasteiger partial charge on any atom is -0.507 e. The van der Waals surface area contributed by atoms with Crippen LogP contribution in [0.1, 0.15) is 37.2 Å². The number of aromatic nitrogens is 4. The van der Waals surface area contributed by atoms with Gasteiger partial charge in [0.25, 0.3) is 0 Å². The van der Waals surface area contributed by atoms with Gasteiger partial charge in [-0.25, -0.2) is 9.37 Å². The Bertz CT molecular complexity index is 1360. The number of aromatic hydroxyl groups is 1. The summed E-state index contributed by atoms with van der Waals surface area (Å²) in [7, 11) is -1.01. The third-order valence-electron chi connectivity index (χ3n) is 7.25. The van der Waals surface area contributed by atoms with Gasteiger partial charge in [0.2, 0.25) is 11.8 Å². The molecule has 35 heavy (non-hydrogen) atoms. The molecular weight excluding hydrogens is 454 g/mol. The molecule has 2 aromatic heterocycles. The Morgan fingerprint density at radius 3 is 2.74 bits per heavy atom. The van der Waals surface area contributed by atoms with Crippen molar-refractivity contribution < 1.29 is 22.7 Å². The first-order chi connectivity index (χ1) is 17.8.